The summed E-state index contributed by atoms with van der Waals surface area (Å²) in [6.07, 6.45) is 3.73. The van der Waals surface area contributed by atoms with Crippen LogP contribution in [0, 0.1) is 5.41 Å². The highest BCUT2D eigenvalue weighted by atomic mass is 16.1. The summed E-state index contributed by atoms with van der Waals surface area (Å²) in [6.45, 7) is 4.35. The van der Waals surface area contributed by atoms with Crippen LogP contribution in [-0.2, 0) is 4.79 Å². The normalized spacial score (nSPS) is 22.1. The molecular formula is C23H23NO. The maximum atomic E-state index is 12.9. The molecule has 0 bridgehead atoms. The second-order valence-corrected chi connectivity index (χ2v) is 7.79. The van der Waals surface area contributed by atoms with E-state index in [0.717, 1.165) is 29.0 Å². The first kappa shape index (κ1) is 15.9. The Bertz CT molecular complexity index is 859. The summed E-state index contributed by atoms with van der Waals surface area (Å²) in [5.41, 5.74) is 5.48. The second-order valence-electron chi connectivity index (χ2n) is 7.79. The number of benzene rings is 2. The zero-order chi connectivity index (χ0) is 17.4. The van der Waals surface area contributed by atoms with Gasteiger partial charge in [0.1, 0.15) is 0 Å². The first-order chi connectivity index (χ1) is 12.0. The molecule has 0 radical (unpaired) electrons. The summed E-state index contributed by atoms with van der Waals surface area (Å²) < 4.78 is 0. The summed E-state index contributed by atoms with van der Waals surface area (Å²) in [6, 6.07) is 20.7. The molecule has 1 unspecified atom stereocenters. The number of allylic oxidation sites excluding steroid dienone is 3. The van der Waals surface area contributed by atoms with Crippen molar-refractivity contribution in [2.24, 2.45) is 5.41 Å². The van der Waals surface area contributed by atoms with Gasteiger partial charge in [-0.15, -0.1) is 0 Å². The van der Waals surface area contributed by atoms with Gasteiger partial charge in [0.15, 0.2) is 5.78 Å². The van der Waals surface area contributed by atoms with Gasteiger partial charge in [-0.1, -0.05) is 74.5 Å². The van der Waals surface area contributed by atoms with Crippen molar-refractivity contribution in [3.05, 3.63) is 89.1 Å². The molecule has 2 aromatic carbocycles. The van der Waals surface area contributed by atoms with Crippen molar-refractivity contribution in [3.63, 3.8) is 0 Å². The quantitative estimate of drug-likeness (QED) is 0.834. The molecule has 25 heavy (non-hydrogen) atoms. The van der Waals surface area contributed by atoms with E-state index in [-0.39, 0.29) is 17.1 Å². The second kappa shape index (κ2) is 6.03. The Balaban J connectivity index is 1.84. The molecule has 2 aliphatic rings. The van der Waals surface area contributed by atoms with Crippen molar-refractivity contribution in [2.45, 2.75) is 32.6 Å². The largest absolute Gasteiger partial charge is 0.358 e. The zero-order valence-corrected chi connectivity index (χ0v) is 14.8. The fraction of sp³-hybridized carbons (Fsp3) is 0.261. The molecule has 1 atom stereocenters. The molecule has 1 aliphatic heterocycles. The SMILES string of the molecule is CC1(C)CC(=O)C2=C(C1)NC(c1ccccc1)=CC2c1ccccc1. The lowest BCUT2D eigenvalue weighted by Gasteiger charge is -2.38. The van der Waals surface area contributed by atoms with E-state index in [1.54, 1.807) is 0 Å². The van der Waals surface area contributed by atoms with Gasteiger partial charge in [-0.2, -0.15) is 0 Å². The van der Waals surface area contributed by atoms with Gasteiger partial charge >= 0.3 is 0 Å². The zero-order valence-electron chi connectivity index (χ0n) is 14.8. The van der Waals surface area contributed by atoms with Crippen molar-refractivity contribution in [1.29, 1.82) is 0 Å². The lowest BCUT2D eigenvalue weighted by molar-refractivity contribution is -0.118. The Morgan fingerprint density at radius 1 is 0.920 bits per heavy atom. The van der Waals surface area contributed by atoms with E-state index >= 15 is 0 Å². The molecule has 0 saturated carbocycles. The van der Waals surface area contributed by atoms with E-state index in [9.17, 15) is 4.79 Å². The number of hydrogen-bond acceptors (Lipinski definition) is 2. The highest BCUT2D eigenvalue weighted by Crippen LogP contribution is 2.44. The van der Waals surface area contributed by atoms with Crippen molar-refractivity contribution in [2.75, 3.05) is 0 Å². The Labute approximate surface area is 149 Å². The average molecular weight is 329 g/mol. The third-order valence-electron chi connectivity index (χ3n) is 5.09. The van der Waals surface area contributed by atoms with Crippen molar-refractivity contribution in [3.8, 4) is 0 Å². The van der Waals surface area contributed by atoms with Crippen LogP contribution < -0.4 is 5.32 Å². The minimum Gasteiger partial charge on any atom is -0.358 e. The Morgan fingerprint density at radius 3 is 2.24 bits per heavy atom. The number of hydrogen-bond donors (Lipinski definition) is 1. The highest BCUT2D eigenvalue weighted by molar-refractivity contribution is 6.00. The molecule has 0 spiro atoms. The average Bonchev–Trinajstić information content (AvgIpc) is 2.61. The predicted octanol–water partition coefficient (Wildman–Crippen LogP) is 5.06. The van der Waals surface area contributed by atoms with Gasteiger partial charge in [-0.3, -0.25) is 4.79 Å². The fourth-order valence-electron chi connectivity index (χ4n) is 3.97. The number of rotatable bonds is 2. The third kappa shape index (κ3) is 3.05. The van der Waals surface area contributed by atoms with E-state index in [1.807, 2.05) is 24.3 Å². The Morgan fingerprint density at radius 2 is 1.56 bits per heavy atom. The molecule has 2 nitrogen and oxygen atoms in total. The van der Waals surface area contributed by atoms with Gasteiger partial charge in [0.25, 0.3) is 0 Å². The fourth-order valence-corrected chi connectivity index (χ4v) is 3.97. The summed E-state index contributed by atoms with van der Waals surface area (Å²) in [4.78, 5) is 12.9. The Kier molecular flexibility index (Phi) is 3.84. The minimum atomic E-state index is 0.00327. The maximum absolute atomic E-state index is 12.9. The molecule has 0 fully saturated rings. The third-order valence-corrected chi connectivity index (χ3v) is 5.09. The molecule has 0 aromatic heterocycles. The first-order valence-electron chi connectivity index (χ1n) is 8.89. The molecule has 2 heteroatoms. The molecule has 2 aromatic rings. The predicted molar refractivity (Wildman–Crippen MR) is 102 cm³/mol. The number of Topliss-reactive ketones (excluding diaryl/α,β-unsaturated/α-hetero) is 1. The van der Waals surface area contributed by atoms with Crippen LogP contribution in [0.2, 0.25) is 0 Å². The van der Waals surface area contributed by atoms with Crippen LogP contribution in [0.4, 0.5) is 0 Å². The topological polar surface area (TPSA) is 29.1 Å². The summed E-state index contributed by atoms with van der Waals surface area (Å²) in [7, 11) is 0. The molecular weight excluding hydrogens is 306 g/mol. The van der Waals surface area contributed by atoms with Crippen LogP contribution in [0.3, 0.4) is 0 Å². The highest BCUT2D eigenvalue weighted by Gasteiger charge is 2.38. The van der Waals surface area contributed by atoms with Crippen LogP contribution in [-0.4, -0.2) is 5.78 Å². The smallest absolute Gasteiger partial charge is 0.162 e. The van der Waals surface area contributed by atoms with Gasteiger partial charge in [0.2, 0.25) is 0 Å². The van der Waals surface area contributed by atoms with E-state index in [2.05, 4.69) is 61.6 Å². The van der Waals surface area contributed by atoms with Crippen molar-refractivity contribution in [1.82, 2.24) is 5.32 Å². The number of nitrogens with one attached hydrogen (secondary N) is 1. The molecule has 1 N–H and O–H groups in total. The molecule has 1 aliphatic carbocycles. The van der Waals surface area contributed by atoms with Gasteiger partial charge in [-0.25, -0.2) is 0 Å². The van der Waals surface area contributed by atoms with E-state index < -0.39 is 0 Å². The van der Waals surface area contributed by atoms with Crippen LogP contribution in [0.15, 0.2) is 78.0 Å². The number of ketones is 1. The molecule has 1 heterocycles. The maximum Gasteiger partial charge on any atom is 0.162 e. The number of dihydropyridines is 1. The molecule has 4 rings (SSSR count). The molecule has 126 valence electrons. The lowest BCUT2D eigenvalue weighted by Crippen LogP contribution is -2.35. The van der Waals surface area contributed by atoms with Crippen LogP contribution >= 0.6 is 0 Å². The summed E-state index contributed by atoms with van der Waals surface area (Å²) >= 11 is 0. The van der Waals surface area contributed by atoms with Gasteiger partial charge in [-0.05, 0) is 29.0 Å². The van der Waals surface area contributed by atoms with Crippen LogP contribution in [0.25, 0.3) is 5.70 Å². The summed E-state index contributed by atoms with van der Waals surface area (Å²) in [5, 5.41) is 3.58. The molecule has 0 amide bonds. The molecule has 0 saturated heterocycles. The monoisotopic (exact) mass is 329 g/mol. The van der Waals surface area contributed by atoms with Gasteiger partial charge < -0.3 is 5.32 Å². The van der Waals surface area contributed by atoms with Gasteiger partial charge in [0.05, 0.1) is 0 Å². The van der Waals surface area contributed by atoms with Crippen LogP contribution in [0.1, 0.15) is 43.7 Å². The standard InChI is InChI=1S/C23H23NO/c1-23(2)14-20-22(21(25)15-23)18(16-9-5-3-6-10-16)13-19(24-20)17-11-7-4-8-12-17/h3-13,18,24H,14-15H2,1-2H3. The lowest BCUT2D eigenvalue weighted by atomic mass is 9.70. The van der Waals surface area contributed by atoms with E-state index in [0.29, 0.717) is 6.42 Å². The van der Waals surface area contributed by atoms with Crippen LogP contribution in [0.5, 0.6) is 0 Å². The van der Waals surface area contributed by atoms with E-state index in [1.165, 1.54) is 5.56 Å². The summed E-state index contributed by atoms with van der Waals surface area (Å²) in [5.74, 6) is 0.298. The van der Waals surface area contributed by atoms with Gasteiger partial charge in [0, 0.05) is 29.3 Å². The Hall–Kier alpha value is -2.61. The number of carbonyl (C=O) groups excluding carboxylic acids is 1. The van der Waals surface area contributed by atoms with Crippen molar-refractivity contribution >= 4 is 11.5 Å². The van der Waals surface area contributed by atoms with E-state index in [4.69, 9.17) is 0 Å². The first-order valence-corrected chi connectivity index (χ1v) is 8.89. The number of carbonyl (C=O) groups is 1. The minimum absolute atomic E-state index is 0.00327. The van der Waals surface area contributed by atoms with Crippen molar-refractivity contribution < 1.29 is 4.79 Å².